The van der Waals surface area contributed by atoms with Crippen molar-refractivity contribution >= 4 is 29.4 Å². The third-order valence-corrected chi connectivity index (χ3v) is 4.92. The molecular weight excluding hydrogens is 406 g/mol. The maximum absolute atomic E-state index is 12.9. The number of hydrogen-bond acceptors (Lipinski definition) is 4. The second-order valence-corrected chi connectivity index (χ2v) is 9.17. The third kappa shape index (κ3) is 7.59. The van der Waals surface area contributed by atoms with Crippen molar-refractivity contribution in [2.24, 2.45) is 5.92 Å². The SMILES string of the molecule is CCCOc1ccc(Cl)cc1NC(=O)N1CCCC(CN(C)C(=O)OC(C)(C)C)C1. The Kier molecular flexibility index (Phi) is 8.65. The Hall–Kier alpha value is -2.15. The Bertz CT molecular complexity index is 736. The Morgan fingerprint density at radius 2 is 2.07 bits per heavy atom. The van der Waals surface area contributed by atoms with Crippen LogP contribution in [0.1, 0.15) is 47.0 Å². The van der Waals surface area contributed by atoms with E-state index >= 15 is 0 Å². The Labute approximate surface area is 184 Å². The highest BCUT2D eigenvalue weighted by molar-refractivity contribution is 6.31. The molecule has 0 aromatic heterocycles. The van der Waals surface area contributed by atoms with Crippen molar-refractivity contribution in [2.45, 2.75) is 52.6 Å². The molecule has 0 bridgehead atoms. The molecule has 1 aromatic rings. The van der Waals surface area contributed by atoms with Crippen molar-refractivity contribution in [3.8, 4) is 5.75 Å². The summed E-state index contributed by atoms with van der Waals surface area (Å²) >= 11 is 6.11. The molecular formula is C22H34ClN3O4. The smallest absolute Gasteiger partial charge is 0.410 e. The highest BCUT2D eigenvalue weighted by Crippen LogP contribution is 2.29. The van der Waals surface area contributed by atoms with E-state index in [2.05, 4.69) is 5.32 Å². The van der Waals surface area contributed by atoms with Crippen molar-refractivity contribution in [3.63, 3.8) is 0 Å². The summed E-state index contributed by atoms with van der Waals surface area (Å²) in [4.78, 5) is 28.5. The van der Waals surface area contributed by atoms with Gasteiger partial charge in [0.15, 0.2) is 0 Å². The van der Waals surface area contributed by atoms with Gasteiger partial charge in [0.05, 0.1) is 12.3 Å². The fourth-order valence-corrected chi connectivity index (χ4v) is 3.50. The van der Waals surface area contributed by atoms with Crippen LogP contribution >= 0.6 is 11.6 Å². The summed E-state index contributed by atoms with van der Waals surface area (Å²) in [7, 11) is 1.73. The monoisotopic (exact) mass is 439 g/mol. The standard InChI is InChI=1S/C22H34ClN3O4/c1-6-12-29-19-10-9-17(23)13-18(19)24-20(27)26-11-7-8-16(15-26)14-25(5)21(28)30-22(2,3)4/h9-10,13,16H,6-8,11-12,14-15H2,1-5H3,(H,24,27). The highest BCUT2D eigenvalue weighted by atomic mass is 35.5. The van der Waals surface area contributed by atoms with Crippen LogP contribution < -0.4 is 10.1 Å². The summed E-state index contributed by atoms with van der Waals surface area (Å²) in [5.41, 5.74) is 0.0344. The van der Waals surface area contributed by atoms with Crippen molar-refractivity contribution in [1.29, 1.82) is 0 Å². The Balaban J connectivity index is 1.96. The van der Waals surface area contributed by atoms with Gasteiger partial charge in [0.1, 0.15) is 11.4 Å². The van der Waals surface area contributed by atoms with Gasteiger partial charge in [-0.1, -0.05) is 18.5 Å². The molecule has 168 valence electrons. The van der Waals surface area contributed by atoms with Crippen molar-refractivity contribution < 1.29 is 19.1 Å². The molecule has 1 saturated heterocycles. The lowest BCUT2D eigenvalue weighted by atomic mass is 9.98. The lowest BCUT2D eigenvalue weighted by molar-refractivity contribution is 0.0253. The largest absolute Gasteiger partial charge is 0.491 e. The van der Waals surface area contributed by atoms with E-state index in [1.165, 1.54) is 0 Å². The summed E-state index contributed by atoms with van der Waals surface area (Å²) in [6.07, 6.45) is 2.36. The molecule has 1 heterocycles. The van der Waals surface area contributed by atoms with Crippen molar-refractivity contribution in [2.75, 3.05) is 38.6 Å². The molecule has 1 fully saturated rings. The van der Waals surface area contributed by atoms with Crippen LogP contribution in [0.3, 0.4) is 0 Å². The number of rotatable bonds is 6. The van der Waals surface area contributed by atoms with Crippen LogP contribution in [0.2, 0.25) is 5.02 Å². The number of piperidine rings is 1. The first-order valence-corrected chi connectivity index (χ1v) is 10.9. The van der Waals surface area contributed by atoms with Crippen LogP contribution in [0.15, 0.2) is 18.2 Å². The zero-order valence-corrected chi connectivity index (χ0v) is 19.4. The number of amides is 3. The molecule has 1 N–H and O–H groups in total. The quantitative estimate of drug-likeness (QED) is 0.657. The molecule has 0 radical (unpaired) electrons. The van der Waals surface area contributed by atoms with E-state index in [4.69, 9.17) is 21.1 Å². The van der Waals surface area contributed by atoms with Crippen LogP contribution in [0, 0.1) is 5.92 Å². The number of urea groups is 1. The van der Waals surface area contributed by atoms with Gasteiger partial charge in [0.25, 0.3) is 0 Å². The number of nitrogens with zero attached hydrogens (tertiary/aromatic N) is 2. The van der Waals surface area contributed by atoms with Gasteiger partial charge < -0.3 is 24.6 Å². The number of nitrogens with one attached hydrogen (secondary N) is 1. The van der Waals surface area contributed by atoms with Gasteiger partial charge >= 0.3 is 12.1 Å². The first-order valence-electron chi connectivity index (χ1n) is 10.5. The Morgan fingerprint density at radius 3 is 2.73 bits per heavy atom. The lowest BCUT2D eigenvalue weighted by Crippen LogP contribution is -2.46. The first-order chi connectivity index (χ1) is 14.1. The van der Waals surface area contributed by atoms with Gasteiger partial charge in [0, 0.05) is 31.7 Å². The third-order valence-electron chi connectivity index (χ3n) is 4.69. The Morgan fingerprint density at radius 1 is 1.33 bits per heavy atom. The van der Waals surface area contributed by atoms with Gasteiger partial charge in [-0.15, -0.1) is 0 Å². The number of ether oxygens (including phenoxy) is 2. The minimum absolute atomic E-state index is 0.191. The molecule has 1 aromatic carbocycles. The van der Waals surface area contributed by atoms with Crippen LogP contribution in [0.25, 0.3) is 0 Å². The van der Waals surface area contributed by atoms with Gasteiger partial charge in [-0.05, 0) is 64.2 Å². The van der Waals surface area contributed by atoms with E-state index in [-0.39, 0.29) is 18.0 Å². The lowest BCUT2D eigenvalue weighted by Gasteiger charge is -2.35. The summed E-state index contributed by atoms with van der Waals surface area (Å²) < 4.78 is 11.1. The normalized spacial score (nSPS) is 16.7. The number of carbonyl (C=O) groups is 2. The molecule has 7 nitrogen and oxygen atoms in total. The summed E-state index contributed by atoms with van der Waals surface area (Å²) in [5, 5.41) is 3.46. The van der Waals surface area contributed by atoms with Gasteiger partial charge in [-0.2, -0.15) is 0 Å². The molecule has 0 aliphatic carbocycles. The average molecular weight is 440 g/mol. The molecule has 0 saturated carbocycles. The molecule has 3 amide bonds. The van der Waals surface area contributed by atoms with Gasteiger partial charge in [-0.25, -0.2) is 9.59 Å². The van der Waals surface area contributed by atoms with Crippen molar-refractivity contribution in [3.05, 3.63) is 23.2 Å². The number of halogens is 1. The highest BCUT2D eigenvalue weighted by Gasteiger charge is 2.27. The van der Waals surface area contributed by atoms with E-state index in [0.717, 1.165) is 19.3 Å². The minimum atomic E-state index is -0.529. The van der Waals surface area contributed by atoms with E-state index in [1.807, 2.05) is 27.7 Å². The zero-order chi connectivity index (χ0) is 22.3. The number of benzene rings is 1. The van der Waals surface area contributed by atoms with Gasteiger partial charge in [0.2, 0.25) is 0 Å². The number of likely N-dealkylation sites (tertiary alicyclic amines) is 1. The van der Waals surface area contributed by atoms with E-state index in [0.29, 0.717) is 42.7 Å². The first kappa shape index (κ1) is 24.1. The number of anilines is 1. The molecule has 1 unspecified atom stereocenters. The second-order valence-electron chi connectivity index (χ2n) is 8.73. The fourth-order valence-electron chi connectivity index (χ4n) is 3.33. The molecule has 8 heteroatoms. The molecule has 0 spiro atoms. The van der Waals surface area contributed by atoms with E-state index in [9.17, 15) is 9.59 Å². The van der Waals surface area contributed by atoms with E-state index in [1.54, 1.807) is 35.0 Å². The molecule has 1 aliphatic rings. The predicted octanol–water partition coefficient (Wildman–Crippen LogP) is 5.24. The van der Waals surface area contributed by atoms with Crippen LogP contribution in [0.5, 0.6) is 5.75 Å². The summed E-state index contributed by atoms with van der Waals surface area (Å²) in [5.74, 6) is 0.796. The number of carbonyl (C=O) groups excluding carboxylic acids is 2. The number of hydrogen-bond donors (Lipinski definition) is 1. The maximum atomic E-state index is 12.9. The van der Waals surface area contributed by atoms with Crippen LogP contribution in [-0.2, 0) is 4.74 Å². The molecule has 30 heavy (non-hydrogen) atoms. The summed E-state index contributed by atoms with van der Waals surface area (Å²) in [6.45, 7) is 9.92. The summed E-state index contributed by atoms with van der Waals surface area (Å²) in [6, 6.07) is 5.01. The average Bonchev–Trinajstić information content (AvgIpc) is 2.66. The van der Waals surface area contributed by atoms with Crippen LogP contribution in [0.4, 0.5) is 15.3 Å². The van der Waals surface area contributed by atoms with Crippen LogP contribution in [-0.4, -0.2) is 60.8 Å². The van der Waals surface area contributed by atoms with Gasteiger partial charge in [-0.3, -0.25) is 0 Å². The van der Waals surface area contributed by atoms with E-state index < -0.39 is 5.60 Å². The predicted molar refractivity (Wildman–Crippen MR) is 119 cm³/mol. The molecule has 1 aliphatic heterocycles. The zero-order valence-electron chi connectivity index (χ0n) is 18.7. The van der Waals surface area contributed by atoms with Crippen molar-refractivity contribution in [1.82, 2.24) is 9.80 Å². The fraction of sp³-hybridized carbons (Fsp3) is 0.636. The molecule has 2 rings (SSSR count). The second kappa shape index (κ2) is 10.8. The minimum Gasteiger partial charge on any atom is -0.491 e. The molecule has 1 atom stereocenters. The maximum Gasteiger partial charge on any atom is 0.410 e. The topological polar surface area (TPSA) is 71.1 Å².